The molecule has 0 fully saturated rings. The third-order valence-corrected chi connectivity index (χ3v) is 8.02. The zero-order chi connectivity index (χ0) is 28.9. The lowest BCUT2D eigenvalue weighted by Gasteiger charge is -2.29. The van der Waals surface area contributed by atoms with Crippen LogP contribution in [-0.2, 0) is 0 Å². The lowest BCUT2D eigenvalue weighted by atomic mass is 10.0. The van der Waals surface area contributed by atoms with E-state index >= 15 is 0 Å². The van der Waals surface area contributed by atoms with E-state index in [1.54, 1.807) is 6.07 Å². The highest BCUT2D eigenvalue weighted by molar-refractivity contribution is 6.10. The Hall–Kier alpha value is -6.30. The molecule has 6 aromatic carbocycles. The summed E-state index contributed by atoms with van der Waals surface area (Å²) < 4.78 is 8.43. The van der Waals surface area contributed by atoms with Gasteiger partial charge in [0.15, 0.2) is 0 Å². The summed E-state index contributed by atoms with van der Waals surface area (Å²) in [6, 6.07) is 48.9. The SMILES string of the molecule is N#Cc1cc(C#N)c(-n2c3ccccc3c3ccccc32)c(N(c2ccccc2)c2ccc3c(c2)oc2ccccc23)c1. The molecule has 0 spiro atoms. The molecule has 200 valence electrons. The number of benzene rings is 6. The van der Waals surface area contributed by atoms with Crippen LogP contribution >= 0.6 is 0 Å². The number of furan rings is 1. The first kappa shape index (κ1) is 24.5. The fourth-order valence-corrected chi connectivity index (χ4v) is 6.20. The van der Waals surface area contributed by atoms with Crippen molar-refractivity contribution in [2.45, 2.75) is 0 Å². The summed E-state index contributed by atoms with van der Waals surface area (Å²) in [6.07, 6.45) is 0. The van der Waals surface area contributed by atoms with Crippen LogP contribution in [0.3, 0.4) is 0 Å². The molecule has 0 aliphatic carbocycles. The second kappa shape index (κ2) is 9.66. The molecule has 0 radical (unpaired) electrons. The number of anilines is 3. The van der Waals surface area contributed by atoms with E-state index in [2.05, 4.69) is 64.1 Å². The molecule has 8 aromatic rings. The largest absolute Gasteiger partial charge is 0.456 e. The molecular formula is C38H22N4O. The van der Waals surface area contributed by atoms with Crippen LogP contribution in [0.1, 0.15) is 11.1 Å². The first-order chi connectivity index (χ1) is 21.2. The number of aromatic nitrogens is 1. The molecule has 43 heavy (non-hydrogen) atoms. The highest BCUT2D eigenvalue weighted by atomic mass is 16.3. The fraction of sp³-hybridized carbons (Fsp3) is 0. The minimum atomic E-state index is 0.404. The average Bonchev–Trinajstić information content (AvgIpc) is 3.60. The van der Waals surface area contributed by atoms with Crippen LogP contribution in [0.4, 0.5) is 17.1 Å². The van der Waals surface area contributed by atoms with Crippen molar-refractivity contribution in [3.05, 3.63) is 145 Å². The third-order valence-electron chi connectivity index (χ3n) is 8.02. The number of hydrogen-bond donors (Lipinski definition) is 0. The van der Waals surface area contributed by atoms with E-state index in [-0.39, 0.29) is 0 Å². The van der Waals surface area contributed by atoms with Crippen LogP contribution < -0.4 is 4.90 Å². The van der Waals surface area contributed by atoms with Crippen molar-refractivity contribution in [1.29, 1.82) is 10.5 Å². The van der Waals surface area contributed by atoms with Crippen molar-refractivity contribution in [3.8, 4) is 17.8 Å². The van der Waals surface area contributed by atoms with Crippen molar-refractivity contribution >= 4 is 60.8 Å². The maximum atomic E-state index is 10.5. The van der Waals surface area contributed by atoms with Crippen molar-refractivity contribution < 1.29 is 4.42 Å². The monoisotopic (exact) mass is 550 g/mol. The van der Waals surface area contributed by atoms with Crippen LogP contribution in [0.2, 0.25) is 0 Å². The molecule has 0 bridgehead atoms. The van der Waals surface area contributed by atoms with Gasteiger partial charge in [-0.2, -0.15) is 10.5 Å². The Labute approximate surface area is 247 Å². The summed E-state index contributed by atoms with van der Waals surface area (Å²) in [5.74, 6) is 0. The lowest BCUT2D eigenvalue weighted by Crippen LogP contribution is -2.14. The molecule has 5 nitrogen and oxygen atoms in total. The minimum absolute atomic E-state index is 0.404. The smallest absolute Gasteiger partial charge is 0.137 e. The second-order valence-corrected chi connectivity index (χ2v) is 10.4. The van der Waals surface area contributed by atoms with E-state index in [9.17, 15) is 10.5 Å². The Morgan fingerprint density at radius 1 is 0.535 bits per heavy atom. The van der Waals surface area contributed by atoms with Crippen LogP contribution in [0.5, 0.6) is 0 Å². The molecule has 0 unspecified atom stereocenters. The van der Waals surface area contributed by atoms with E-state index in [0.717, 1.165) is 55.1 Å². The van der Waals surface area contributed by atoms with Gasteiger partial charge in [-0.05, 0) is 54.6 Å². The van der Waals surface area contributed by atoms with E-state index in [1.807, 2.05) is 84.9 Å². The Balaban J connectivity index is 1.49. The number of rotatable bonds is 4. The molecule has 0 aliphatic rings. The standard InChI is InChI=1S/C38H22N4O/c39-23-25-20-26(24-40)38(42-33-15-7-4-12-29(33)30-13-5-8-16-34(30)42)35(21-25)41(27-10-2-1-3-11-27)28-18-19-32-31-14-6-9-17-36(31)43-37(32)22-28/h1-22H. The van der Waals surface area contributed by atoms with E-state index in [4.69, 9.17) is 4.42 Å². The summed E-state index contributed by atoms with van der Waals surface area (Å²) >= 11 is 0. The topological polar surface area (TPSA) is 68.9 Å². The molecule has 0 N–H and O–H groups in total. The Kier molecular flexibility index (Phi) is 5.50. The predicted octanol–water partition coefficient (Wildman–Crippen LogP) is 9.90. The van der Waals surface area contributed by atoms with Gasteiger partial charge in [-0.15, -0.1) is 0 Å². The van der Waals surface area contributed by atoms with Gasteiger partial charge in [0.25, 0.3) is 0 Å². The maximum absolute atomic E-state index is 10.5. The summed E-state index contributed by atoms with van der Waals surface area (Å²) in [4.78, 5) is 2.10. The van der Waals surface area contributed by atoms with Crippen molar-refractivity contribution in [1.82, 2.24) is 4.57 Å². The van der Waals surface area contributed by atoms with E-state index in [1.165, 1.54) is 0 Å². The minimum Gasteiger partial charge on any atom is -0.456 e. The van der Waals surface area contributed by atoms with Gasteiger partial charge in [0, 0.05) is 39.0 Å². The molecule has 0 amide bonds. The van der Waals surface area contributed by atoms with Gasteiger partial charge < -0.3 is 13.9 Å². The average molecular weight is 551 g/mol. The normalized spacial score (nSPS) is 11.2. The van der Waals surface area contributed by atoms with Gasteiger partial charge in [0.1, 0.15) is 17.2 Å². The number of nitrogens with zero attached hydrogens (tertiary/aromatic N) is 4. The van der Waals surface area contributed by atoms with Gasteiger partial charge in [0.2, 0.25) is 0 Å². The molecular weight excluding hydrogens is 528 g/mol. The number of para-hydroxylation sites is 4. The highest BCUT2D eigenvalue weighted by Gasteiger charge is 2.25. The molecule has 8 rings (SSSR count). The molecule has 0 aliphatic heterocycles. The van der Waals surface area contributed by atoms with E-state index in [0.29, 0.717) is 22.5 Å². The maximum Gasteiger partial charge on any atom is 0.137 e. The number of nitriles is 2. The summed E-state index contributed by atoms with van der Waals surface area (Å²) in [7, 11) is 0. The zero-order valence-corrected chi connectivity index (χ0v) is 22.9. The van der Waals surface area contributed by atoms with Gasteiger partial charge in [-0.1, -0.05) is 72.8 Å². The van der Waals surface area contributed by atoms with Gasteiger partial charge in [0.05, 0.1) is 39.6 Å². The molecule has 2 heterocycles. The molecule has 0 atom stereocenters. The number of fused-ring (bicyclic) bond motifs is 6. The lowest BCUT2D eigenvalue weighted by molar-refractivity contribution is 0.669. The van der Waals surface area contributed by atoms with Crippen LogP contribution in [-0.4, -0.2) is 4.57 Å². The highest BCUT2D eigenvalue weighted by Crippen LogP contribution is 2.44. The predicted molar refractivity (Wildman–Crippen MR) is 172 cm³/mol. The molecule has 0 saturated carbocycles. The van der Waals surface area contributed by atoms with Gasteiger partial charge in [-0.25, -0.2) is 0 Å². The van der Waals surface area contributed by atoms with Crippen LogP contribution in [0.25, 0.3) is 49.4 Å². The first-order valence-corrected chi connectivity index (χ1v) is 14.0. The molecule has 5 heteroatoms. The van der Waals surface area contributed by atoms with Crippen LogP contribution in [0, 0.1) is 22.7 Å². The Bertz CT molecular complexity index is 2380. The Morgan fingerprint density at radius 2 is 1.16 bits per heavy atom. The zero-order valence-electron chi connectivity index (χ0n) is 22.9. The first-order valence-electron chi connectivity index (χ1n) is 14.0. The van der Waals surface area contributed by atoms with Crippen molar-refractivity contribution in [2.24, 2.45) is 0 Å². The van der Waals surface area contributed by atoms with Crippen molar-refractivity contribution in [2.75, 3.05) is 4.90 Å². The van der Waals surface area contributed by atoms with Crippen LogP contribution in [0.15, 0.2) is 138 Å². The summed E-state index contributed by atoms with van der Waals surface area (Å²) in [5, 5.41) is 24.9. The third kappa shape index (κ3) is 3.77. The quantitative estimate of drug-likeness (QED) is 0.219. The Morgan fingerprint density at radius 3 is 1.86 bits per heavy atom. The summed E-state index contributed by atoms with van der Waals surface area (Å²) in [6.45, 7) is 0. The van der Waals surface area contributed by atoms with E-state index < -0.39 is 0 Å². The number of hydrogen-bond acceptors (Lipinski definition) is 4. The van der Waals surface area contributed by atoms with Gasteiger partial charge in [-0.3, -0.25) is 0 Å². The van der Waals surface area contributed by atoms with Crippen molar-refractivity contribution in [3.63, 3.8) is 0 Å². The molecule has 2 aromatic heterocycles. The fourth-order valence-electron chi connectivity index (χ4n) is 6.20. The second-order valence-electron chi connectivity index (χ2n) is 10.4. The molecule has 0 saturated heterocycles. The summed E-state index contributed by atoms with van der Waals surface area (Å²) in [5.41, 5.74) is 7.50. The van der Waals surface area contributed by atoms with Gasteiger partial charge >= 0.3 is 0 Å².